The Balaban J connectivity index is 2.49. The van der Waals surface area contributed by atoms with E-state index in [4.69, 9.17) is 11.6 Å². The van der Waals surface area contributed by atoms with E-state index < -0.39 is 18.6 Å². The standard InChI is InChI=1S/C8H11ClF3NO/c9-3-4-13(5-8(10,11)12)7(14)6-1-2-6/h6H,1-5H2. The summed E-state index contributed by atoms with van der Waals surface area (Å²) in [6.07, 6.45) is -2.93. The van der Waals surface area contributed by atoms with Crippen LogP contribution in [0.4, 0.5) is 13.2 Å². The zero-order valence-corrected chi connectivity index (χ0v) is 8.24. The van der Waals surface area contributed by atoms with Crippen LogP contribution < -0.4 is 0 Å². The highest BCUT2D eigenvalue weighted by Crippen LogP contribution is 2.32. The number of alkyl halides is 4. The Morgan fingerprint density at radius 1 is 1.43 bits per heavy atom. The minimum atomic E-state index is -4.34. The molecule has 1 aliphatic carbocycles. The molecule has 1 rings (SSSR count). The molecule has 82 valence electrons. The topological polar surface area (TPSA) is 20.3 Å². The van der Waals surface area contributed by atoms with Gasteiger partial charge in [-0.15, -0.1) is 11.6 Å². The molecule has 0 N–H and O–H groups in total. The van der Waals surface area contributed by atoms with Crippen molar-refractivity contribution in [2.24, 2.45) is 5.92 Å². The van der Waals surface area contributed by atoms with E-state index in [1.165, 1.54) is 0 Å². The molecule has 0 spiro atoms. The fourth-order valence-corrected chi connectivity index (χ4v) is 1.38. The summed E-state index contributed by atoms with van der Waals surface area (Å²) in [6, 6.07) is 0. The van der Waals surface area contributed by atoms with Crippen molar-refractivity contribution in [3.63, 3.8) is 0 Å². The molecule has 0 aliphatic heterocycles. The van der Waals surface area contributed by atoms with Gasteiger partial charge in [-0.1, -0.05) is 0 Å². The lowest BCUT2D eigenvalue weighted by atomic mass is 10.3. The third-order valence-corrected chi connectivity index (χ3v) is 2.13. The summed E-state index contributed by atoms with van der Waals surface area (Å²) in [6.45, 7) is -1.22. The molecule has 0 unspecified atom stereocenters. The lowest BCUT2D eigenvalue weighted by molar-refractivity contribution is -0.161. The number of carbonyl (C=O) groups is 1. The first-order valence-corrected chi connectivity index (χ1v) is 4.89. The van der Waals surface area contributed by atoms with Crippen molar-refractivity contribution in [2.45, 2.75) is 19.0 Å². The van der Waals surface area contributed by atoms with Crippen molar-refractivity contribution < 1.29 is 18.0 Å². The van der Waals surface area contributed by atoms with Gasteiger partial charge < -0.3 is 4.90 Å². The first-order valence-electron chi connectivity index (χ1n) is 4.35. The van der Waals surface area contributed by atoms with E-state index in [1.807, 2.05) is 0 Å². The van der Waals surface area contributed by atoms with Crippen LogP contribution in [0.5, 0.6) is 0 Å². The van der Waals surface area contributed by atoms with Crippen molar-refractivity contribution in [2.75, 3.05) is 19.0 Å². The molecule has 0 bridgehead atoms. The van der Waals surface area contributed by atoms with E-state index in [-0.39, 0.29) is 18.3 Å². The number of hydrogen-bond acceptors (Lipinski definition) is 1. The minimum Gasteiger partial charge on any atom is -0.332 e. The Morgan fingerprint density at radius 3 is 2.36 bits per heavy atom. The third kappa shape index (κ3) is 3.74. The number of rotatable bonds is 4. The van der Waals surface area contributed by atoms with Crippen LogP contribution in [0.3, 0.4) is 0 Å². The molecule has 0 saturated heterocycles. The summed E-state index contributed by atoms with van der Waals surface area (Å²) in [4.78, 5) is 12.1. The largest absolute Gasteiger partial charge is 0.406 e. The van der Waals surface area contributed by atoms with Crippen LogP contribution in [0.2, 0.25) is 0 Å². The predicted octanol–water partition coefficient (Wildman–Crippen LogP) is 2.03. The predicted molar refractivity (Wildman–Crippen MR) is 46.1 cm³/mol. The number of amides is 1. The zero-order chi connectivity index (χ0) is 10.8. The minimum absolute atomic E-state index is 0.0314. The first kappa shape index (κ1) is 11.6. The number of halogens is 4. The maximum absolute atomic E-state index is 12.0. The summed E-state index contributed by atoms with van der Waals surface area (Å²) in [5.41, 5.74) is 0. The van der Waals surface area contributed by atoms with Crippen molar-refractivity contribution in [1.82, 2.24) is 4.90 Å². The maximum atomic E-state index is 12.0. The van der Waals surface area contributed by atoms with Crippen LogP contribution in [0.15, 0.2) is 0 Å². The highest BCUT2D eigenvalue weighted by Gasteiger charge is 2.38. The normalized spacial score (nSPS) is 16.9. The van der Waals surface area contributed by atoms with Gasteiger partial charge in [-0.3, -0.25) is 4.79 Å². The molecule has 2 nitrogen and oxygen atoms in total. The molecule has 1 amide bonds. The summed E-state index contributed by atoms with van der Waals surface area (Å²) in [7, 11) is 0. The van der Waals surface area contributed by atoms with Crippen LogP contribution in [0, 0.1) is 5.92 Å². The number of hydrogen-bond donors (Lipinski definition) is 0. The average Bonchev–Trinajstić information content (AvgIpc) is 2.82. The van der Waals surface area contributed by atoms with Crippen LogP contribution in [0.1, 0.15) is 12.8 Å². The third-order valence-electron chi connectivity index (χ3n) is 1.96. The van der Waals surface area contributed by atoms with E-state index in [1.54, 1.807) is 0 Å². The highest BCUT2D eigenvalue weighted by atomic mass is 35.5. The quantitative estimate of drug-likeness (QED) is 0.676. The second-order valence-electron chi connectivity index (χ2n) is 3.34. The lowest BCUT2D eigenvalue weighted by Gasteiger charge is -2.22. The van der Waals surface area contributed by atoms with Crippen LogP contribution in [-0.4, -0.2) is 36.0 Å². The van der Waals surface area contributed by atoms with Gasteiger partial charge in [-0.2, -0.15) is 13.2 Å². The van der Waals surface area contributed by atoms with E-state index in [9.17, 15) is 18.0 Å². The molecular formula is C8H11ClF3NO. The summed E-state index contributed by atoms with van der Waals surface area (Å²) >= 11 is 5.33. The molecule has 0 atom stereocenters. The van der Waals surface area contributed by atoms with Gasteiger partial charge in [-0.25, -0.2) is 0 Å². The average molecular weight is 230 g/mol. The van der Waals surface area contributed by atoms with Gasteiger partial charge in [0, 0.05) is 18.3 Å². The second-order valence-corrected chi connectivity index (χ2v) is 3.72. The van der Waals surface area contributed by atoms with Crippen molar-refractivity contribution in [1.29, 1.82) is 0 Å². The molecule has 0 aromatic rings. The van der Waals surface area contributed by atoms with Crippen LogP contribution in [0.25, 0.3) is 0 Å². The molecule has 0 radical (unpaired) electrons. The fraction of sp³-hybridized carbons (Fsp3) is 0.875. The molecule has 1 fully saturated rings. The van der Waals surface area contributed by atoms with Gasteiger partial charge in [0.1, 0.15) is 6.54 Å². The number of nitrogens with zero attached hydrogens (tertiary/aromatic N) is 1. The van der Waals surface area contributed by atoms with E-state index in [0.717, 1.165) is 4.90 Å². The maximum Gasteiger partial charge on any atom is 0.406 e. The van der Waals surface area contributed by atoms with Gasteiger partial charge in [0.25, 0.3) is 0 Å². The van der Waals surface area contributed by atoms with E-state index in [0.29, 0.717) is 12.8 Å². The second kappa shape index (κ2) is 4.38. The molecule has 6 heteroatoms. The Kier molecular flexibility index (Phi) is 3.64. The molecule has 1 saturated carbocycles. The van der Waals surface area contributed by atoms with Crippen LogP contribution >= 0.6 is 11.6 Å². The molecular weight excluding hydrogens is 219 g/mol. The Labute approximate surface area is 85.0 Å². The summed E-state index contributed by atoms with van der Waals surface area (Å²) in [5, 5.41) is 0. The van der Waals surface area contributed by atoms with Crippen molar-refractivity contribution >= 4 is 17.5 Å². The van der Waals surface area contributed by atoms with Gasteiger partial charge in [-0.05, 0) is 12.8 Å². The molecule has 0 heterocycles. The van der Waals surface area contributed by atoms with Gasteiger partial charge in [0.2, 0.25) is 5.91 Å². The lowest BCUT2D eigenvalue weighted by Crippen LogP contribution is -2.40. The number of carbonyl (C=O) groups excluding carboxylic acids is 1. The zero-order valence-electron chi connectivity index (χ0n) is 7.48. The molecule has 0 aromatic heterocycles. The monoisotopic (exact) mass is 229 g/mol. The van der Waals surface area contributed by atoms with Crippen LogP contribution in [-0.2, 0) is 4.79 Å². The summed E-state index contributed by atoms with van der Waals surface area (Å²) < 4.78 is 36.1. The highest BCUT2D eigenvalue weighted by molar-refractivity contribution is 6.18. The molecule has 0 aromatic carbocycles. The van der Waals surface area contributed by atoms with E-state index >= 15 is 0 Å². The first-order chi connectivity index (χ1) is 6.44. The molecule has 1 aliphatic rings. The summed E-state index contributed by atoms with van der Waals surface area (Å²) in [5.74, 6) is -0.572. The van der Waals surface area contributed by atoms with Gasteiger partial charge in [0.05, 0.1) is 0 Å². The van der Waals surface area contributed by atoms with Gasteiger partial charge in [0.15, 0.2) is 0 Å². The van der Waals surface area contributed by atoms with Crippen molar-refractivity contribution in [3.8, 4) is 0 Å². The fourth-order valence-electron chi connectivity index (χ4n) is 1.17. The SMILES string of the molecule is O=C(C1CC1)N(CCCl)CC(F)(F)F. The van der Waals surface area contributed by atoms with E-state index in [2.05, 4.69) is 0 Å². The van der Waals surface area contributed by atoms with Crippen molar-refractivity contribution in [3.05, 3.63) is 0 Å². The molecule has 14 heavy (non-hydrogen) atoms. The van der Waals surface area contributed by atoms with Gasteiger partial charge >= 0.3 is 6.18 Å². The smallest absolute Gasteiger partial charge is 0.332 e. The Hall–Kier alpha value is -0.450. The Bertz CT molecular complexity index is 215. The Morgan fingerprint density at radius 2 is 2.00 bits per heavy atom.